The second-order valence-electron chi connectivity index (χ2n) is 8.65. The Balaban J connectivity index is 1.33. The third-order valence-corrected chi connectivity index (χ3v) is 7.19. The molecule has 10 heteroatoms. The molecule has 0 saturated carbocycles. The van der Waals surface area contributed by atoms with Crippen molar-refractivity contribution in [1.29, 1.82) is 0 Å². The first-order chi connectivity index (χ1) is 15.9. The highest BCUT2D eigenvalue weighted by atomic mass is 79.9. The number of hydrogen-bond acceptors (Lipinski definition) is 6. The summed E-state index contributed by atoms with van der Waals surface area (Å²) >= 11 is 9.51. The summed E-state index contributed by atoms with van der Waals surface area (Å²) in [5.74, 6) is -0.309. The van der Waals surface area contributed by atoms with E-state index in [1.54, 1.807) is 0 Å². The molecule has 6 nitrogen and oxygen atoms in total. The summed E-state index contributed by atoms with van der Waals surface area (Å²) in [5.41, 5.74) is 0.857. The van der Waals surface area contributed by atoms with Gasteiger partial charge in [-0.25, -0.2) is 18.7 Å². The number of nitrogens with zero attached hydrogens (tertiary/aromatic N) is 4. The maximum absolute atomic E-state index is 14.8. The van der Waals surface area contributed by atoms with E-state index in [9.17, 15) is 8.78 Å². The lowest BCUT2D eigenvalue weighted by molar-refractivity contribution is 0.107. The first kappa shape index (κ1) is 22.7. The van der Waals surface area contributed by atoms with E-state index in [0.717, 1.165) is 35.8 Å². The summed E-state index contributed by atoms with van der Waals surface area (Å²) in [4.78, 5) is 14.8. The van der Waals surface area contributed by atoms with Crippen molar-refractivity contribution in [3.05, 3.63) is 51.5 Å². The number of hydrogen-bond donors (Lipinski definition) is 1. The molecule has 2 atom stereocenters. The van der Waals surface area contributed by atoms with E-state index < -0.39 is 12.0 Å². The van der Waals surface area contributed by atoms with Crippen LogP contribution in [-0.2, 0) is 6.42 Å². The molecule has 0 aliphatic carbocycles. The molecule has 2 aliphatic heterocycles. The van der Waals surface area contributed by atoms with Crippen LogP contribution in [0, 0.1) is 5.82 Å². The summed E-state index contributed by atoms with van der Waals surface area (Å²) in [5, 5.41) is 3.36. The molecule has 0 bridgehead atoms. The number of alkyl halides is 1. The highest BCUT2D eigenvalue weighted by molar-refractivity contribution is 9.10. The van der Waals surface area contributed by atoms with Gasteiger partial charge >= 0.3 is 6.01 Å². The Morgan fingerprint density at radius 2 is 2.21 bits per heavy atom. The van der Waals surface area contributed by atoms with Crippen molar-refractivity contribution in [2.75, 3.05) is 31.6 Å². The number of pyridine rings is 1. The van der Waals surface area contributed by atoms with Crippen LogP contribution in [0.25, 0.3) is 10.9 Å². The lowest BCUT2D eigenvalue weighted by Gasteiger charge is -2.30. The molecule has 2 saturated heterocycles. The number of aromatic nitrogens is 3. The maximum Gasteiger partial charge on any atom is 0.317 e. The van der Waals surface area contributed by atoms with Crippen LogP contribution in [0.5, 0.6) is 6.01 Å². The Labute approximate surface area is 203 Å². The number of nitrogens with one attached hydrogen (secondary N) is 1. The predicted octanol–water partition coefficient (Wildman–Crippen LogP) is 5.19. The number of ether oxygens (including phenoxy) is 1. The normalized spacial score (nSPS) is 22.6. The summed E-state index contributed by atoms with van der Waals surface area (Å²) in [6, 6.07) is 8.06. The van der Waals surface area contributed by atoms with Gasteiger partial charge in [0.25, 0.3) is 0 Å². The molecule has 3 aromatic rings. The van der Waals surface area contributed by atoms with Gasteiger partial charge in [-0.05, 0) is 43.5 Å². The van der Waals surface area contributed by atoms with Crippen LogP contribution in [0.2, 0.25) is 5.15 Å². The van der Waals surface area contributed by atoms with Crippen LogP contribution in [0.3, 0.4) is 0 Å². The minimum Gasteiger partial charge on any atom is -0.461 e. The van der Waals surface area contributed by atoms with Crippen molar-refractivity contribution < 1.29 is 13.5 Å². The predicted molar refractivity (Wildman–Crippen MR) is 127 cm³/mol. The van der Waals surface area contributed by atoms with E-state index in [1.165, 1.54) is 6.20 Å². The Hall–Kier alpha value is -2.10. The lowest BCUT2D eigenvalue weighted by Crippen LogP contribution is -2.43. The zero-order valence-electron chi connectivity index (χ0n) is 17.8. The molecule has 4 heterocycles. The maximum atomic E-state index is 14.8. The van der Waals surface area contributed by atoms with Crippen molar-refractivity contribution in [3.8, 4) is 6.01 Å². The largest absolute Gasteiger partial charge is 0.461 e. The molecule has 0 amide bonds. The van der Waals surface area contributed by atoms with Crippen LogP contribution < -0.4 is 10.1 Å². The molecular weight excluding hydrogens is 516 g/mol. The SMILES string of the molecule is Fc1c(Cl)nc(NCCc2cccc(Br)c2)c2cnc(OC[C@@]34CCCN3C[C@H](F)C4)nc12. The standard InChI is InChI=1S/C23H23BrClF2N5O/c24-15-4-1-3-14(9-15)5-7-28-21-17-11-29-22(30-19(17)18(27)20(25)31-21)33-13-23-6-2-8-32(23)12-16(26)10-23/h1,3-4,9,11,16H,2,5-8,10,12-13H2,(H,28,31)/t16-,23+/m1/s1. The minimum absolute atomic E-state index is 0.0422. The molecule has 2 aliphatic rings. The van der Waals surface area contributed by atoms with E-state index in [4.69, 9.17) is 16.3 Å². The van der Waals surface area contributed by atoms with Crippen molar-refractivity contribution >= 4 is 44.3 Å². The van der Waals surface area contributed by atoms with Crippen LogP contribution in [0.1, 0.15) is 24.8 Å². The van der Waals surface area contributed by atoms with Gasteiger partial charge in [-0.2, -0.15) is 4.98 Å². The van der Waals surface area contributed by atoms with E-state index in [1.807, 2.05) is 24.3 Å². The fourth-order valence-corrected chi connectivity index (χ4v) is 5.50. The monoisotopic (exact) mass is 537 g/mol. The molecule has 0 radical (unpaired) electrons. The summed E-state index contributed by atoms with van der Waals surface area (Å²) < 4.78 is 35.6. The Morgan fingerprint density at radius 3 is 3.06 bits per heavy atom. The van der Waals surface area contributed by atoms with Crippen molar-refractivity contribution in [1.82, 2.24) is 19.9 Å². The van der Waals surface area contributed by atoms with Gasteiger partial charge in [0.15, 0.2) is 11.0 Å². The second kappa shape index (κ2) is 9.27. The number of benzene rings is 1. The first-order valence-electron chi connectivity index (χ1n) is 11.0. The molecular formula is C23H23BrClF2N5O. The second-order valence-corrected chi connectivity index (χ2v) is 9.92. The highest BCUT2D eigenvalue weighted by Crippen LogP contribution is 2.40. The molecule has 174 valence electrons. The average molecular weight is 539 g/mol. The molecule has 5 rings (SSSR count). The van der Waals surface area contributed by atoms with Crippen LogP contribution in [0.4, 0.5) is 14.6 Å². The Kier molecular flexibility index (Phi) is 6.37. The minimum atomic E-state index is -0.848. The third kappa shape index (κ3) is 4.63. The lowest BCUT2D eigenvalue weighted by atomic mass is 9.95. The van der Waals surface area contributed by atoms with Gasteiger partial charge in [-0.1, -0.05) is 39.7 Å². The summed E-state index contributed by atoms with van der Waals surface area (Å²) in [7, 11) is 0. The summed E-state index contributed by atoms with van der Waals surface area (Å²) in [6.07, 6.45) is 3.71. The van der Waals surface area contributed by atoms with Gasteiger partial charge in [0, 0.05) is 30.2 Å². The Bertz CT molecular complexity index is 1190. The fourth-order valence-electron chi connectivity index (χ4n) is 4.88. The zero-order chi connectivity index (χ0) is 23.0. The van der Waals surface area contributed by atoms with Gasteiger partial charge in [-0.15, -0.1) is 0 Å². The number of halogens is 4. The van der Waals surface area contributed by atoms with Gasteiger partial charge in [-0.3, -0.25) is 4.90 Å². The molecule has 0 unspecified atom stereocenters. The average Bonchev–Trinajstić information content (AvgIpc) is 3.31. The number of fused-ring (bicyclic) bond motifs is 2. The number of anilines is 1. The van der Waals surface area contributed by atoms with E-state index in [0.29, 0.717) is 30.7 Å². The molecule has 0 spiro atoms. The highest BCUT2D eigenvalue weighted by Gasteiger charge is 2.49. The van der Waals surface area contributed by atoms with Gasteiger partial charge in [0.1, 0.15) is 24.1 Å². The quantitative estimate of drug-likeness (QED) is 0.418. The fraction of sp³-hybridized carbons (Fsp3) is 0.435. The van der Waals surface area contributed by atoms with E-state index >= 15 is 0 Å². The molecule has 2 aromatic heterocycles. The molecule has 2 fully saturated rings. The van der Waals surface area contributed by atoms with Gasteiger partial charge in [0.2, 0.25) is 0 Å². The van der Waals surface area contributed by atoms with Crippen LogP contribution >= 0.6 is 27.5 Å². The smallest absolute Gasteiger partial charge is 0.317 e. The molecule has 1 N–H and O–H groups in total. The third-order valence-electron chi connectivity index (χ3n) is 6.45. The van der Waals surface area contributed by atoms with Crippen molar-refractivity contribution in [3.63, 3.8) is 0 Å². The molecule has 33 heavy (non-hydrogen) atoms. The Morgan fingerprint density at radius 1 is 1.33 bits per heavy atom. The summed E-state index contributed by atoms with van der Waals surface area (Å²) in [6.45, 7) is 2.15. The topological polar surface area (TPSA) is 63.2 Å². The number of rotatable bonds is 7. The molecule has 1 aromatic carbocycles. The van der Waals surface area contributed by atoms with Crippen molar-refractivity contribution in [2.45, 2.75) is 37.4 Å². The zero-order valence-corrected chi connectivity index (χ0v) is 20.2. The van der Waals surface area contributed by atoms with E-state index in [2.05, 4.69) is 41.1 Å². The van der Waals surface area contributed by atoms with Crippen LogP contribution in [-0.4, -0.2) is 57.8 Å². The van der Waals surface area contributed by atoms with Gasteiger partial charge < -0.3 is 10.1 Å². The van der Waals surface area contributed by atoms with E-state index in [-0.39, 0.29) is 28.8 Å². The first-order valence-corrected chi connectivity index (χ1v) is 12.1. The van der Waals surface area contributed by atoms with Gasteiger partial charge in [0.05, 0.1) is 10.9 Å². The van der Waals surface area contributed by atoms with Crippen molar-refractivity contribution in [2.24, 2.45) is 0 Å². The van der Waals surface area contributed by atoms with Crippen LogP contribution in [0.15, 0.2) is 34.9 Å².